The van der Waals surface area contributed by atoms with E-state index in [9.17, 15) is 8.42 Å². The van der Waals surface area contributed by atoms with Crippen molar-refractivity contribution in [3.63, 3.8) is 0 Å². The number of rotatable bonds is 6. The molecule has 2 aliphatic rings. The first-order valence-electron chi connectivity index (χ1n) is 11.8. The number of hydrogen-bond acceptors (Lipinski definition) is 8. The third-order valence-corrected chi connectivity index (χ3v) is 7.14. The average molecular weight is 529 g/mol. The van der Waals surface area contributed by atoms with Gasteiger partial charge in [0.25, 0.3) is 0 Å². The van der Waals surface area contributed by atoms with Gasteiger partial charge in [0.1, 0.15) is 22.9 Å². The molecule has 0 amide bonds. The highest BCUT2D eigenvalue weighted by Gasteiger charge is 2.43. The summed E-state index contributed by atoms with van der Waals surface area (Å²) in [6.07, 6.45) is 1.00. The van der Waals surface area contributed by atoms with E-state index >= 15 is 0 Å². The molecule has 1 unspecified atom stereocenters. The lowest BCUT2D eigenvalue weighted by molar-refractivity contribution is 0.174. The highest BCUT2D eigenvalue weighted by atomic mass is 32.2. The number of amidine groups is 1. The molecule has 0 aliphatic carbocycles. The fourth-order valence-corrected chi connectivity index (χ4v) is 5.50. The molecule has 192 valence electrons. The average Bonchev–Trinajstić information content (AvgIpc) is 3.50. The van der Waals surface area contributed by atoms with Gasteiger partial charge in [-0.3, -0.25) is 0 Å². The Morgan fingerprint density at radius 1 is 0.842 bits per heavy atom. The van der Waals surface area contributed by atoms with Crippen molar-refractivity contribution < 1.29 is 26.8 Å². The van der Waals surface area contributed by atoms with E-state index in [2.05, 4.69) is 0 Å². The lowest BCUT2D eigenvalue weighted by atomic mass is 9.77. The normalized spacial score (nSPS) is 17.6. The van der Waals surface area contributed by atoms with Crippen molar-refractivity contribution in [3.05, 3.63) is 107 Å². The Bertz CT molecular complexity index is 1720. The highest BCUT2D eigenvalue weighted by molar-refractivity contribution is 7.86. The summed E-state index contributed by atoms with van der Waals surface area (Å²) in [6, 6.07) is 26.6. The molecule has 8 nitrogen and oxygen atoms in total. The Balaban J connectivity index is 1.55. The molecule has 0 bridgehead atoms. The van der Waals surface area contributed by atoms with Gasteiger partial charge < -0.3 is 24.1 Å². The van der Waals surface area contributed by atoms with Crippen LogP contribution >= 0.6 is 0 Å². The number of methoxy groups -OCH3 is 1. The molecule has 0 radical (unpaired) electrons. The topological polar surface area (TPSA) is 109 Å². The first-order chi connectivity index (χ1) is 18.3. The van der Waals surface area contributed by atoms with Crippen molar-refractivity contribution in [2.45, 2.75) is 5.54 Å². The van der Waals surface area contributed by atoms with Gasteiger partial charge in [0.05, 0.1) is 13.4 Å². The summed E-state index contributed by atoms with van der Waals surface area (Å²) in [5.41, 5.74) is 10.6. The summed E-state index contributed by atoms with van der Waals surface area (Å²) in [5, 5.41) is 0. The molecule has 2 heterocycles. The minimum absolute atomic E-state index is 0.159. The molecule has 0 fully saturated rings. The molecular formula is C29H24N2O6S. The molecule has 4 aromatic rings. The predicted octanol–water partition coefficient (Wildman–Crippen LogP) is 4.44. The van der Waals surface area contributed by atoms with Crippen molar-refractivity contribution >= 4 is 16.0 Å². The van der Waals surface area contributed by atoms with Gasteiger partial charge in [-0.1, -0.05) is 48.5 Å². The molecule has 2 N–H and O–H groups in total. The van der Waals surface area contributed by atoms with E-state index in [0.29, 0.717) is 28.6 Å². The van der Waals surface area contributed by atoms with Crippen LogP contribution in [0.2, 0.25) is 0 Å². The maximum absolute atomic E-state index is 11.8. The molecule has 0 aromatic heterocycles. The number of fused-ring (bicyclic) bond motifs is 2. The van der Waals surface area contributed by atoms with Crippen molar-refractivity contribution in [1.29, 1.82) is 0 Å². The Labute approximate surface area is 220 Å². The van der Waals surface area contributed by atoms with Gasteiger partial charge in [-0.2, -0.15) is 8.42 Å². The quantitative estimate of drug-likeness (QED) is 0.369. The highest BCUT2D eigenvalue weighted by Crippen LogP contribution is 2.49. The van der Waals surface area contributed by atoms with Crippen LogP contribution in [-0.2, 0) is 15.7 Å². The van der Waals surface area contributed by atoms with E-state index in [1.807, 2.05) is 72.8 Å². The third kappa shape index (κ3) is 4.01. The van der Waals surface area contributed by atoms with E-state index in [4.69, 9.17) is 29.1 Å². The smallest absolute Gasteiger partial charge is 0.306 e. The van der Waals surface area contributed by atoms with E-state index in [1.165, 1.54) is 13.2 Å². The second-order valence-electron chi connectivity index (χ2n) is 9.09. The first kappa shape index (κ1) is 23.9. The van der Waals surface area contributed by atoms with Crippen molar-refractivity contribution in [2.75, 3.05) is 20.2 Å². The molecule has 0 saturated carbocycles. The van der Waals surface area contributed by atoms with Crippen LogP contribution in [0.4, 0.5) is 0 Å². The van der Waals surface area contributed by atoms with Crippen LogP contribution in [0.15, 0.2) is 89.9 Å². The van der Waals surface area contributed by atoms with Gasteiger partial charge in [0.2, 0.25) is 6.79 Å². The van der Waals surface area contributed by atoms with Crippen LogP contribution in [0.25, 0.3) is 11.1 Å². The van der Waals surface area contributed by atoms with Crippen molar-refractivity contribution in [1.82, 2.24) is 0 Å². The molecular weight excluding hydrogens is 504 g/mol. The minimum atomic E-state index is -3.72. The van der Waals surface area contributed by atoms with Gasteiger partial charge in [-0.25, -0.2) is 4.99 Å². The number of benzene rings is 4. The molecule has 0 saturated heterocycles. The molecule has 6 rings (SSSR count). The molecule has 2 aliphatic heterocycles. The number of aliphatic imine (C=N–C) groups is 1. The molecule has 9 heteroatoms. The summed E-state index contributed by atoms with van der Waals surface area (Å²) in [4.78, 5) is 5.06. The maximum atomic E-state index is 11.8. The van der Waals surface area contributed by atoms with Gasteiger partial charge in [0, 0.05) is 11.6 Å². The van der Waals surface area contributed by atoms with E-state index < -0.39 is 15.7 Å². The largest absolute Gasteiger partial charge is 0.497 e. The Morgan fingerprint density at radius 3 is 2.42 bits per heavy atom. The first-order valence-corrected chi connectivity index (χ1v) is 13.6. The molecule has 4 aromatic carbocycles. The Kier molecular flexibility index (Phi) is 5.53. The summed E-state index contributed by atoms with van der Waals surface area (Å²) >= 11 is 0. The number of hydrogen-bond donors (Lipinski definition) is 1. The van der Waals surface area contributed by atoms with Crippen LogP contribution in [0.5, 0.6) is 23.0 Å². The zero-order chi connectivity index (χ0) is 26.5. The van der Waals surface area contributed by atoms with E-state index in [-0.39, 0.29) is 12.5 Å². The van der Waals surface area contributed by atoms with E-state index in [1.54, 1.807) is 6.07 Å². The fourth-order valence-electron chi connectivity index (χ4n) is 5.05. The van der Waals surface area contributed by atoms with Crippen LogP contribution in [-0.4, -0.2) is 34.4 Å². The van der Waals surface area contributed by atoms with Gasteiger partial charge >= 0.3 is 10.1 Å². The summed E-state index contributed by atoms with van der Waals surface area (Å²) in [7, 11) is -2.21. The van der Waals surface area contributed by atoms with Crippen molar-refractivity contribution in [2.24, 2.45) is 10.7 Å². The van der Waals surface area contributed by atoms with Gasteiger partial charge in [-0.15, -0.1) is 0 Å². The number of nitrogens with zero attached hydrogens (tertiary/aromatic N) is 1. The van der Waals surface area contributed by atoms with Gasteiger partial charge in [-0.05, 0) is 58.1 Å². The lowest BCUT2D eigenvalue weighted by Crippen LogP contribution is -2.25. The zero-order valence-electron chi connectivity index (χ0n) is 20.7. The minimum Gasteiger partial charge on any atom is -0.497 e. The maximum Gasteiger partial charge on any atom is 0.306 e. The number of ether oxygens (including phenoxy) is 3. The fraction of sp³-hybridized carbons (Fsp3) is 0.138. The second-order valence-corrected chi connectivity index (χ2v) is 10.7. The monoisotopic (exact) mass is 528 g/mol. The molecule has 1 atom stereocenters. The van der Waals surface area contributed by atoms with Crippen LogP contribution < -0.4 is 24.1 Å². The predicted molar refractivity (Wildman–Crippen MR) is 144 cm³/mol. The summed E-state index contributed by atoms with van der Waals surface area (Å²) < 4.78 is 45.4. The molecule has 38 heavy (non-hydrogen) atoms. The van der Waals surface area contributed by atoms with Crippen molar-refractivity contribution in [3.8, 4) is 34.1 Å². The molecule has 0 spiro atoms. The third-order valence-electron chi connectivity index (χ3n) is 6.65. The van der Waals surface area contributed by atoms with Crippen LogP contribution in [0, 0.1) is 0 Å². The Hall–Kier alpha value is -4.50. The Morgan fingerprint density at radius 2 is 1.61 bits per heavy atom. The summed E-state index contributed by atoms with van der Waals surface area (Å²) in [6.45, 7) is 0.164. The SMILES string of the molecule is COc1cc(OS(C)(=O)=O)cc(-c2cccc(C3(c4ccc5c(c4)OCO5)N=C(N)c4ccccc43)c2)c1. The standard InChI is InChI=1S/C29H24N2O6S/c1-34-22-13-19(14-23(16-22)37-38(2,32)33)18-6-5-7-20(12-18)29(21-10-11-26-27(15-21)36-17-35-26)25-9-4-3-8-24(25)28(30)31-29/h3-16H,17H2,1-2H3,(H2,30,31). The van der Waals surface area contributed by atoms with Crippen LogP contribution in [0.3, 0.4) is 0 Å². The lowest BCUT2D eigenvalue weighted by Gasteiger charge is -2.30. The van der Waals surface area contributed by atoms with E-state index in [0.717, 1.165) is 34.1 Å². The zero-order valence-corrected chi connectivity index (χ0v) is 21.5. The van der Waals surface area contributed by atoms with Gasteiger partial charge in [0.15, 0.2) is 11.5 Å². The summed E-state index contributed by atoms with van der Waals surface area (Å²) in [5.74, 6) is 2.38. The number of nitrogens with two attached hydrogens (primary N) is 1. The van der Waals surface area contributed by atoms with Crippen LogP contribution in [0.1, 0.15) is 22.3 Å². The second kappa shape index (κ2) is 8.81.